The lowest BCUT2D eigenvalue weighted by molar-refractivity contribution is 0.0593. The molecule has 116 valence electrons. The summed E-state index contributed by atoms with van der Waals surface area (Å²) in [6.45, 7) is 0.690. The third-order valence-electron chi connectivity index (χ3n) is 3.16. The molecule has 0 radical (unpaired) electrons. The van der Waals surface area contributed by atoms with Gasteiger partial charge < -0.3 is 10.1 Å². The number of benzene rings is 1. The molecule has 0 fully saturated rings. The summed E-state index contributed by atoms with van der Waals surface area (Å²) in [5.74, 6) is 0.0409. The van der Waals surface area contributed by atoms with Crippen molar-refractivity contribution in [2.24, 2.45) is 0 Å². The molecule has 0 aliphatic heterocycles. The van der Waals surface area contributed by atoms with Crippen molar-refractivity contribution in [1.29, 1.82) is 0 Å². The first-order chi connectivity index (χ1) is 11.2. The standard InChI is InChI=1S/C16H15N5O2/c1-23-16(22)14-6-7-15(20-19-14)18-13-5-2-4-12(10-13)11-21-9-3-8-17-21/h2-10H,11H2,1H3,(H,18,20). The molecule has 3 aromatic rings. The van der Waals surface area contributed by atoms with E-state index in [0.717, 1.165) is 11.3 Å². The topological polar surface area (TPSA) is 81.9 Å². The second-order valence-corrected chi connectivity index (χ2v) is 4.82. The Balaban J connectivity index is 1.71. The number of methoxy groups -OCH3 is 1. The van der Waals surface area contributed by atoms with Crippen LogP contribution in [0.2, 0.25) is 0 Å². The number of rotatable bonds is 5. The Labute approximate surface area is 132 Å². The highest BCUT2D eigenvalue weighted by Gasteiger charge is 2.07. The monoisotopic (exact) mass is 309 g/mol. The summed E-state index contributed by atoms with van der Waals surface area (Å²) in [6.07, 6.45) is 3.66. The molecule has 23 heavy (non-hydrogen) atoms. The van der Waals surface area contributed by atoms with Crippen molar-refractivity contribution in [3.63, 3.8) is 0 Å². The Morgan fingerprint density at radius 1 is 1.22 bits per heavy atom. The molecule has 1 N–H and O–H groups in total. The Morgan fingerprint density at radius 2 is 2.13 bits per heavy atom. The van der Waals surface area contributed by atoms with Gasteiger partial charge in [0.1, 0.15) is 0 Å². The Morgan fingerprint density at radius 3 is 2.83 bits per heavy atom. The average molecular weight is 309 g/mol. The first kappa shape index (κ1) is 14.7. The van der Waals surface area contributed by atoms with Crippen LogP contribution in [0.15, 0.2) is 54.9 Å². The summed E-state index contributed by atoms with van der Waals surface area (Å²) in [6, 6.07) is 13.1. The minimum absolute atomic E-state index is 0.172. The molecule has 0 aliphatic rings. The predicted octanol–water partition coefficient (Wildman–Crippen LogP) is 2.25. The Bertz CT molecular complexity index is 784. The molecule has 2 heterocycles. The van der Waals surface area contributed by atoms with Gasteiger partial charge in [-0.05, 0) is 35.9 Å². The van der Waals surface area contributed by atoms with Crippen LogP contribution in [0.1, 0.15) is 16.1 Å². The second-order valence-electron chi connectivity index (χ2n) is 4.82. The summed E-state index contributed by atoms with van der Waals surface area (Å²) in [5.41, 5.74) is 2.16. The van der Waals surface area contributed by atoms with Crippen molar-refractivity contribution in [1.82, 2.24) is 20.0 Å². The first-order valence-electron chi connectivity index (χ1n) is 7.00. The van der Waals surface area contributed by atoms with Gasteiger partial charge in [-0.2, -0.15) is 5.10 Å². The molecule has 3 rings (SSSR count). The molecule has 7 heteroatoms. The molecule has 0 saturated heterocycles. The number of anilines is 2. The summed E-state index contributed by atoms with van der Waals surface area (Å²) in [7, 11) is 1.31. The van der Waals surface area contributed by atoms with E-state index in [4.69, 9.17) is 0 Å². The molecule has 1 aromatic carbocycles. The lowest BCUT2D eigenvalue weighted by Crippen LogP contribution is -2.06. The van der Waals surface area contributed by atoms with Crippen molar-refractivity contribution >= 4 is 17.5 Å². The number of carbonyl (C=O) groups is 1. The fraction of sp³-hybridized carbons (Fsp3) is 0.125. The number of hydrogen-bond donors (Lipinski definition) is 1. The third-order valence-corrected chi connectivity index (χ3v) is 3.16. The van der Waals surface area contributed by atoms with E-state index in [2.05, 4.69) is 25.3 Å². The van der Waals surface area contributed by atoms with E-state index in [-0.39, 0.29) is 5.69 Å². The number of esters is 1. The van der Waals surface area contributed by atoms with Crippen molar-refractivity contribution < 1.29 is 9.53 Å². The highest BCUT2D eigenvalue weighted by atomic mass is 16.5. The van der Waals surface area contributed by atoms with Gasteiger partial charge in [0.05, 0.1) is 13.7 Å². The smallest absolute Gasteiger partial charge is 0.358 e. The molecule has 0 spiro atoms. The second kappa shape index (κ2) is 6.69. The van der Waals surface area contributed by atoms with Gasteiger partial charge in [-0.25, -0.2) is 4.79 Å². The van der Waals surface area contributed by atoms with E-state index in [1.165, 1.54) is 7.11 Å². The van der Waals surface area contributed by atoms with Crippen LogP contribution in [0, 0.1) is 0 Å². The summed E-state index contributed by atoms with van der Waals surface area (Å²) < 4.78 is 6.44. The molecule has 7 nitrogen and oxygen atoms in total. The minimum atomic E-state index is -0.509. The van der Waals surface area contributed by atoms with Crippen LogP contribution in [0.5, 0.6) is 0 Å². The van der Waals surface area contributed by atoms with Crippen LogP contribution in [0.3, 0.4) is 0 Å². The molecular formula is C16H15N5O2. The van der Waals surface area contributed by atoms with Crippen LogP contribution in [-0.4, -0.2) is 33.1 Å². The fourth-order valence-electron chi connectivity index (χ4n) is 2.09. The van der Waals surface area contributed by atoms with Crippen LogP contribution in [-0.2, 0) is 11.3 Å². The number of nitrogens with zero attached hydrogens (tertiary/aromatic N) is 4. The number of nitrogens with one attached hydrogen (secondary N) is 1. The maximum Gasteiger partial charge on any atom is 0.358 e. The van der Waals surface area contributed by atoms with Gasteiger partial charge >= 0.3 is 5.97 Å². The normalized spacial score (nSPS) is 10.3. The van der Waals surface area contributed by atoms with Gasteiger partial charge in [0, 0.05) is 18.1 Å². The molecule has 0 unspecified atom stereocenters. The van der Waals surface area contributed by atoms with Crippen LogP contribution in [0.4, 0.5) is 11.5 Å². The predicted molar refractivity (Wildman–Crippen MR) is 84.4 cm³/mol. The summed E-state index contributed by atoms with van der Waals surface area (Å²) in [4.78, 5) is 11.3. The largest absolute Gasteiger partial charge is 0.464 e. The quantitative estimate of drug-likeness (QED) is 0.728. The van der Waals surface area contributed by atoms with Gasteiger partial charge in [-0.3, -0.25) is 4.68 Å². The molecule has 0 saturated carbocycles. The van der Waals surface area contributed by atoms with Gasteiger partial charge in [-0.15, -0.1) is 10.2 Å². The van der Waals surface area contributed by atoms with Gasteiger partial charge in [0.2, 0.25) is 0 Å². The lowest BCUT2D eigenvalue weighted by atomic mass is 10.2. The number of hydrogen-bond acceptors (Lipinski definition) is 6. The van der Waals surface area contributed by atoms with Crippen LogP contribution < -0.4 is 5.32 Å². The molecule has 0 atom stereocenters. The average Bonchev–Trinajstić information content (AvgIpc) is 3.08. The molecule has 0 aliphatic carbocycles. The summed E-state index contributed by atoms with van der Waals surface area (Å²) >= 11 is 0. The maximum atomic E-state index is 11.3. The molecule has 2 aromatic heterocycles. The zero-order valence-electron chi connectivity index (χ0n) is 12.5. The highest BCUT2D eigenvalue weighted by Crippen LogP contribution is 2.16. The van der Waals surface area contributed by atoms with Crippen molar-refractivity contribution in [3.8, 4) is 0 Å². The Hall–Kier alpha value is -3.22. The highest BCUT2D eigenvalue weighted by molar-refractivity contribution is 5.87. The fourth-order valence-corrected chi connectivity index (χ4v) is 2.09. The van der Waals surface area contributed by atoms with Crippen LogP contribution in [0.25, 0.3) is 0 Å². The number of carbonyl (C=O) groups excluding carboxylic acids is 1. The van der Waals surface area contributed by atoms with Crippen LogP contribution >= 0.6 is 0 Å². The zero-order chi connectivity index (χ0) is 16.1. The van der Waals surface area contributed by atoms with Gasteiger partial charge in [0.15, 0.2) is 11.5 Å². The molecule has 0 bridgehead atoms. The Kier molecular flexibility index (Phi) is 4.28. The van der Waals surface area contributed by atoms with E-state index in [9.17, 15) is 4.79 Å². The van der Waals surface area contributed by atoms with E-state index >= 15 is 0 Å². The molecular weight excluding hydrogens is 294 g/mol. The van der Waals surface area contributed by atoms with Crippen molar-refractivity contribution in [2.75, 3.05) is 12.4 Å². The lowest BCUT2D eigenvalue weighted by Gasteiger charge is -2.08. The van der Waals surface area contributed by atoms with Crippen molar-refractivity contribution in [2.45, 2.75) is 6.54 Å². The van der Waals surface area contributed by atoms with E-state index in [0.29, 0.717) is 12.4 Å². The third kappa shape index (κ3) is 3.70. The SMILES string of the molecule is COC(=O)c1ccc(Nc2cccc(Cn3cccn3)c2)nn1. The molecule has 0 amide bonds. The number of ether oxygens (including phenoxy) is 1. The van der Waals surface area contributed by atoms with Gasteiger partial charge in [-0.1, -0.05) is 12.1 Å². The zero-order valence-corrected chi connectivity index (χ0v) is 12.5. The minimum Gasteiger partial charge on any atom is -0.464 e. The first-order valence-corrected chi connectivity index (χ1v) is 7.00. The maximum absolute atomic E-state index is 11.3. The van der Waals surface area contributed by atoms with Crippen molar-refractivity contribution in [3.05, 3.63) is 66.1 Å². The number of aromatic nitrogens is 4. The van der Waals surface area contributed by atoms with Gasteiger partial charge in [0.25, 0.3) is 0 Å². The van der Waals surface area contributed by atoms with E-state index in [1.807, 2.05) is 41.2 Å². The van der Waals surface area contributed by atoms with E-state index in [1.54, 1.807) is 18.3 Å². The summed E-state index contributed by atoms with van der Waals surface area (Å²) in [5, 5.41) is 15.1. The van der Waals surface area contributed by atoms with E-state index < -0.39 is 5.97 Å².